The van der Waals surface area contributed by atoms with Gasteiger partial charge in [0.25, 0.3) is 0 Å². The third-order valence-corrected chi connectivity index (χ3v) is 10.6. The quantitative estimate of drug-likeness (QED) is 0.191. The number of benzene rings is 7. The number of aromatic nitrogens is 1. The smallest absolute Gasteiger partial charge is 0.101 e. The molecule has 1 heterocycles. The first-order chi connectivity index (χ1) is 24.0. The summed E-state index contributed by atoms with van der Waals surface area (Å²) < 4.78 is 2.27. The Bertz CT molecular complexity index is 2540. The zero-order valence-electron chi connectivity index (χ0n) is 27.6. The van der Waals surface area contributed by atoms with Crippen LogP contribution in [0.3, 0.4) is 0 Å². The van der Waals surface area contributed by atoms with Gasteiger partial charge in [-0.3, -0.25) is 0 Å². The van der Waals surface area contributed by atoms with E-state index in [-0.39, 0.29) is 11.3 Å². The maximum atomic E-state index is 10.4. The molecule has 1 aliphatic rings. The fraction of sp³-hybridized carbons (Fsp3) is 0.0851. The van der Waals surface area contributed by atoms with E-state index in [9.17, 15) is 5.26 Å². The highest BCUT2D eigenvalue weighted by molar-refractivity contribution is 6.10. The Morgan fingerprint density at radius 2 is 1.14 bits per heavy atom. The molecule has 1 unspecified atom stereocenters. The van der Waals surface area contributed by atoms with Crippen molar-refractivity contribution in [3.63, 3.8) is 0 Å². The number of nitriles is 1. The predicted octanol–water partition coefficient (Wildman–Crippen LogP) is 11.8. The highest BCUT2D eigenvalue weighted by atomic mass is 15.0. The molecule has 9 rings (SSSR count). The molecule has 0 fully saturated rings. The minimum absolute atomic E-state index is 0.119. The SMILES string of the molecule is CC1(C)c2ccccc2C(c2ccccc2)c2cc(-c3cccc(-c4cccc(C#N)c4-n4c5ccccc5c5ccccc54)c3)ccc21. The molecule has 2 heteroatoms. The van der Waals surface area contributed by atoms with Crippen LogP contribution in [0.2, 0.25) is 0 Å². The van der Waals surface area contributed by atoms with E-state index >= 15 is 0 Å². The largest absolute Gasteiger partial charge is 0.307 e. The molecule has 0 aliphatic heterocycles. The normalized spacial score (nSPS) is 14.7. The molecule has 1 aliphatic carbocycles. The van der Waals surface area contributed by atoms with Gasteiger partial charge in [0.15, 0.2) is 0 Å². The van der Waals surface area contributed by atoms with Gasteiger partial charge in [0, 0.05) is 27.7 Å². The number of para-hydroxylation sites is 3. The summed E-state index contributed by atoms with van der Waals surface area (Å²) in [5.74, 6) is 0.151. The van der Waals surface area contributed by atoms with Crippen LogP contribution in [0.5, 0.6) is 0 Å². The lowest BCUT2D eigenvalue weighted by atomic mass is 9.63. The summed E-state index contributed by atoms with van der Waals surface area (Å²) in [4.78, 5) is 0. The Labute approximate surface area is 287 Å². The Balaban J connectivity index is 1.23. The number of nitrogens with zero attached hydrogens (tertiary/aromatic N) is 2. The topological polar surface area (TPSA) is 28.7 Å². The van der Waals surface area contributed by atoms with E-state index in [2.05, 4.69) is 176 Å². The molecule has 0 amide bonds. The van der Waals surface area contributed by atoms with Crippen LogP contribution in [0.25, 0.3) is 49.7 Å². The summed E-state index contributed by atoms with van der Waals surface area (Å²) in [6, 6.07) is 61.3. The van der Waals surface area contributed by atoms with Crippen LogP contribution >= 0.6 is 0 Å². The fourth-order valence-corrected chi connectivity index (χ4v) is 8.32. The van der Waals surface area contributed by atoms with Gasteiger partial charge >= 0.3 is 0 Å². The van der Waals surface area contributed by atoms with Crippen molar-refractivity contribution in [1.29, 1.82) is 5.26 Å². The first-order valence-electron chi connectivity index (χ1n) is 17.0. The van der Waals surface area contributed by atoms with Crippen molar-refractivity contribution in [3.05, 3.63) is 197 Å². The average Bonchev–Trinajstić information content (AvgIpc) is 3.49. The average molecular weight is 627 g/mol. The van der Waals surface area contributed by atoms with Gasteiger partial charge < -0.3 is 4.57 Å². The third-order valence-electron chi connectivity index (χ3n) is 10.6. The number of hydrogen-bond acceptors (Lipinski definition) is 1. The van der Waals surface area contributed by atoms with Crippen LogP contribution in [0.4, 0.5) is 0 Å². The maximum Gasteiger partial charge on any atom is 0.101 e. The van der Waals surface area contributed by atoms with E-state index < -0.39 is 0 Å². The minimum atomic E-state index is -0.119. The second-order valence-corrected chi connectivity index (χ2v) is 13.6. The number of fused-ring (bicyclic) bond motifs is 5. The molecule has 0 spiro atoms. The molecular weight excluding hydrogens is 593 g/mol. The molecule has 0 N–H and O–H groups in total. The lowest BCUT2D eigenvalue weighted by Crippen LogP contribution is -2.29. The summed E-state index contributed by atoms with van der Waals surface area (Å²) in [7, 11) is 0. The van der Waals surface area contributed by atoms with E-state index in [4.69, 9.17) is 0 Å². The molecule has 0 radical (unpaired) electrons. The Hall–Kier alpha value is -6.17. The summed E-state index contributed by atoms with van der Waals surface area (Å²) in [6.07, 6.45) is 0. The second-order valence-electron chi connectivity index (χ2n) is 13.6. The Morgan fingerprint density at radius 1 is 0.531 bits per heavy atom. The van der Waals surface area contributed by atoms with Gasteiger partial charge in [0.1, 0.15) is 6.07 Å². The van der Waals surface area contributed by atoms with Gasteiger partial charge in [0.2, 0.25) is 0 Å². The van der Waals surface area contributed by atoms with Crippen molar-refractivity contribution < 1.29 is 0 Å². The van der Waals surface area contributed by atoms with E-state index in [1.807, 2.05) is 12.1 Å². The summed E-state index contributed by atoms with van der Waals surface area (Å²) >= 11 is 0. The molecule has 0 saturated heterocycles. The van der Waals surface area contributed by atoms with Crippen LogP contribution < -0.4 is 0 Å². The highest BCUT2D eigenvalue weighted by Crippen LogP contribution is 2.50. The van der Waals surface area contributed by atoms with Gasteiger partial charge in [-0.15, -0.1) is 0 Å². The second kappa shape index (κ2) is 11.2. The van der Waals surface area contributed by atoms with E-state index in [1.54, 1.807) is 0 Å². The van der Waals surface area contributed by atoms with E-state index in [0.717, 1.165) is 33.4 Å². The molecule has 1 aromatic heterocycles. The summed E-state index contributed by atoms with van der Waals surface area (Å²) in [5.41, 5.74) is 14.9. The van der Waals surface area contributed by atoms with Crippen LogP contribution in [-0.4, -0.2) is 4.57 Å². The monoisotopic (exact) mass is 626 g/mol. The molecule has 232 valence electrons. The van der Waals surface area contributed by atoms with Crippen molar-refractivity contribution in [1.82, 2.24) is 4.57 Å². The van der Waals surface area contributed by atoms with Crippen LogP contribution in [0, 0.1) is 11.3 Å². The molecule has 7 aromatic carbocycles. The van der Waals surface area contributed by atoms with Crippen LogP contribution in [0.15, 0.2) is 164 Å². The standard InChI is InChI=1S/C47H34N2/c1-47(2)41-23-9-6-21-39(41)45(31-14-4-3-5-15-31)40-29-33(26-27-42(40)47)32-16-12-17-34(28-32)36-22-13-18-35(30-48)46(36)49-43-24-10-7-19-37(43)38-20-8-11-25-44(38)49/h3-29,45H,1-2H3. The molecule has 8 aromatic rings. The number of hydrogen-bond donors (Lipinski definition) is 0. The highest BCUT2D eigenvalue weighted by Gasteiger charge is 2.38. The predicted molar refractivity (Wildman–Crippen MR) is 202 cm³/mol. The van der Waals surface area contributed by atoms with Crippen LogP contribution in [0.1, 0.15) is 53.1 Å². The summed E-state index contributed by atoms with van der Waals surface area (Å²) in [6.45, 7) is 4.70. The van der Waals surface area contributed by atoms with E-state index in [1.165, 1.54) is 44.2 Å². The van der Waals surface area contributed by atoms with Gasteiger partial charge in [-0.1, -0.05) is 147 Å². The van der Waals surface area contributed by atoms with Crippen molar-refractivity contribution in [2.45, 2.75) is 25.2 Å². The minimum Gasteiger partial charge on any atom is -0.307 e. The Morgan fingerprint density at radius 3 is 1.90 bits per heavy atom. The van der Waals surface area contributed by atoms with Gasteiger partial charge in [-0.05, 0) is 74.8 Å². The molecule has 0 bridgehead atoms. The first kappa shape index (κ1) is 29.0. The van der Waals surface area contributed by atoms with E-state index in [0.29, 0.717) is 5.56 Å². The zero-order chi connectivity index (χ0) is 33.1. The zero-order valence-corrected chi connectivity index (χ0v) is 27.6. The third kappa shape index (κ3) is 4.47. The lowest BCUT2D eigenvalue weighted by Gasteiger charge is -2.40. The molecule has 2 nitrogen and oxygen atoms in total. The lowest BCUT2D eigenvalue weighted by molar-refractivity contribution is 0.597. The summed E-state index contributed by atoms with van der Waals surface area (Å²) in [5, 5.41) is 12.8. The van der Waals surface area contributed by atoms with Crippen molar-refractivity contribution in [2.24, 2.45) is 0 Å². The van der Waals surface area contributed by atoms with Crippen molar-refractivity contribution in [3.8, 4) is 34.0 Å². The van der Waals surface area contributed by atoms with Gasteiger partial charge in [-0.25, -0.2) is 0 Å². The Kier molecular flexibility index (Phi) is 6.64. The molecule has 1 atom stereocenters. The molecule has 49 heavy (non-hydrogen) atoms. The van der Waals surface area contributed by atoms with Gasteiger partial charge in [-0.2, -0.15) is 5.26 Å². The molecular formula is C47H34N2. The fourth-order valence-electron chi connectivity index (χ4n) is 8.32. The van der Waals surface area contributed by atoms with Crippen LogP contribution in [-0.2, 0) is 5.41 Å². The van der Waals surface area contributed by atoms with Crippen molar-refractivity contribution in [2.75, 3.05) is 0 Å². The first-order valence-corrected chi connectivity index (χ1v) is 17.0. The van der Waals surface area contributed by atoms with Gasteiger partial charge in [0.05, 0.1) is 22.3 Å². The van der Waals surface area contributed by atoms with Crippen molar-refractivity contribution >= 4 is 21.8 Å². The molecule has 0 saturated carbocycles. The number of rotatable bonds is 4. The maximum absolute atomic E-state index is 10.4.